The highest BCUT2D eigenvalue weighted by atomic mass is 32.1. The summed E-state index contributed by atoms with van der Waals surface area (Å²) >= 11 is 1.64. The van der Waals surface area contributed by atoms with Gasteiger partial charge in [0, 0.05) is 23.1 Å². The zero-order chi connectivity index (χ0) is 19.9. The van der Waals surface area contributed by atoms with Crippen molar-refractivity contribution in [2.75, 3.05) is 27.4 Å². The lowest BCUT2D eigenvalue weighted by Gasteiger charge is -2.23. The van der Waals surface area contributed by atoms with Crippen LogP contribution in [-0.4, -0.2) is 44.1 Å². The molecule has 0 N–H and O–H groups in total. The van der Waals surface area contributed by atoms with Gasteiger partial charge in [-0.25, -0.2) is 4.79 Å². The summed E-state index contributed by atoms with van der Waals surface area (Å²) in [6.07, 6.45) is 4.76. The monoisotopic (exact) mass is 401 g/mol. The number of esters is 1. The zero-order valence-corrected chi connectivity index (χ0v) is 16.7. The Labute approximate surface area is 168 Å². The highest BCUT2D eigenvalue weighted by Gasteiger charge is 2.30. The molecule has 7 heteroatoms. The highest BCUT2D eigenvalue weighted by molar-refractivity contribution is 7.10. The third-order valence-corrected chi connectivity index (χ3v) is 5.59. The molecule has 0 bridgehead atoms. The minimum Gasteiger partial charge on any atom is -0.497 e. The van der Waals surface area contributed by atoms with Gasteiger partial charge in [0.25, 0.3) is 5.91 Å². The lowest BCUT2D eigenvalue weighted by molar-refractivity contribution is -0.148. The Balaban J connectivity index is 1.57. The molecule has 1 unspecified atom stereocenters. The fourth-order valence-electron chi connectivity index (χ4n) is 3.23. The first kappa shape index (κ1) is 19.9. The Morgan fingerprint density at radius 1 is 1.25 bits per heavy atom. The van der Waals surface area contributed by atoms with E-state index in [0.29, 0.717) is 23.6 Å². The van der Waals surface area contributed by atoms with Gasteiger partial charge in [-0.3, -0.25) is 4.79 Å². The summed E-state index contributed by atoms with van der Waals surface area (Å²) in [5, 5.41) is 2.01. The Morgan fingerprint density at radius 2 is 2.11 bits per heavy atom. The third-order valence-electron chi connectivity index (χ3n) is 4.62. The van der Waals surface area contributed by atoms with E-state index in [4.69, 9.17) is 14.2 Å². The molecule has 1 aliphatic rings. The zero-order valence-electron chi connectivity index (χ0n) is 15.9. The van der Waals surface area contributed by atoms with E-state index < -0.39 is 5.97 Å². The summed E-state index contributed by atoms with van der Waals surface area (Å²) in [6, 6.07) is 9.39. The molecule has 6 nitrogen and oxygen atoms in total. The summed E-state index contributed by atoms with van der Waals surface area (Å²) in [4.78, 5) is 27.5. The van der Waals surface area contributed by atoms with Gasteiger partial charge in [-0.05, 0) is 48.6 Å². The van der Waals surface area contributed by atoms with Crippen LogP contribution in [0.4, 0.5) is 0 Å². The van der Waals surface area contributed by atoms with E-state index in [1.54, 1.807) is 54.7 Å². The van der Waals surface area contributed by atoms with Crippen molar-refractivity contribution in [1.29, 1.82) is 0 Å². The first-order valence-corrected chi connectivity index (χ1v) is 9.90. The van der Waals surface area contributed by atoms with Crippen molar-refractivity contribution in [3.05, 3.63) is 52.2 Å². The van der Waals surface area contributed by atoms with Gasteiger partial charge in [-0.15, -0.1) is 11.3 Å². The minimum atomic E-state index is -0.579. The van der Waals surface area contributed by atoms with Crippen LogP contribution in [0.15, 0.2) is 41.8 Å². The lowest BCUT2D eigenvalue weighted by Crippen LogP contribution is -2.33. The van der Waals surface area contributed by atoms with E-state index in [1.807, 2.05) is 17.5 Å². The molecular weight excluding hydrogens is 378 g/mol. The van der Waals surface area contributed by atoms with Gasteiger partial charge in [-0.2, -0.15) is 0 Å². The van der Waals surface area contributed by atoms with Crippen LogP contribution in [-0.2, 0) is 14.3 Å². The van der Waals surface area contributed by atoms with Gasteiger partial charge in [-0.1, -0.05) is 6.07 Å². The van der Waals surface area contributed by atoms with Crippen molar-refractivity contribution in [1.82, 2.24) is 4.90 Å². The molecule has 148 valence electrons. The summed E-state index contributed by atoms with van der Waals surface area (Å²) < 4.78 is 15.6. The minimum absolute atomic E-state index is 0.0859. The summed E-state index contributed by atoms with van der Waals surface area (Å²) in [6.45, 7) is 0.427. The molecule has 1 fully saturated rings. The molecule has 1 aliphatic heterocycles. The number of benzene rings is 1. The number of carbonyl (C=O) groups excluding carboxylic acids is 2. The van der Waals surface area contributed by atoms with Gasteiger partial charge in [0.1, 0.15) is 11.5 Å². The molecule has 0 saturated carbocycles. The fourth-order valence-corrected chi connectivity index (χ4v) is 4.11. The standard InChI is InChI=1S/C21H23NO5S/c1-25-16-8-9-18(26-2)15(13-16)7-10-21(24)27-14-20(23)22-11-3-5-17(22)19-6-4-12-28-19/h4,6-10,12-13,17H,3,5,11,14H2,1-2H3/b10-7+. The normalized spacial score (nSPS) is 16.4. The van der Waals surface area contributed by atoms with Crippen molar-refractivity contribution in [2.45, 2.75) is 18.9 Å². The molecular formula is C21H23NO5S. The Bertz CT molecular complexity index is 846. The van der Waals surface area contributed by atoms with E-state index in [-0.39, 0.29) is 18.6 Å². The van der Waals surface area contributed by atoms with Gasteiger partial charge in [0.05, 0.1) is 20.3 Å². The molecule has 0 aliphatic carbocycles. The number of likely N-dealkylation sites (tertiary alicyclic amines) is 1. The van der Waals surface area contributed by atoms with Gasteiger partial charge < -0.3 is 19.1 Å². The number of rotatable bonds is 7. The van der Waals surface area contributed by atoms with Crippen LogP contribution in [0.5, 0.6) is 11.5 Å². The Kier molecular flexibility index (Phi) is 6.71. The maximum atomic E-state index is 12.5. The van der Waals surface area contributed by atoms with Gasteiger partial charge in [0.15, 0.2) is 6.61 Å². The molecule has 2 aromatic rings. The van der Waals surface area contributed by atoms with Crippen molar-refractivity contribution >= 4 is 29.3 Å². The molecule has 1 saturated heterocycles. The van der Waals surface area contributed by atoms with Crippen LogP contribution < -0.4 is 9.47 Å². The van der Waals surface area contributed by atoms with Crippen molar-refractivity contribution < 1.29 is 23.8 Å². The van der Waals surface area contributed by atoms with Crippen LogP contribution in [0.2, 0.25) is 0 Å². The average Bonchev–Trinajstić information content (AvgIpc) is 3.41. The largest absolute Gasteiger partial charge is 0.497 e. The predicted molar refractivity (Wildman–Crippen MR) is 108 cm³/mol. The first-order valence-electron chi connectivity index (χ1n) is 9.02. The second kappa shape index (κ2) is 9.41. The summed E-state index contributed by atoms with van der Waals surface area (Å²) in [7, 11) is 3.12. The number of hydrogen-bond acceptors (Lipinski definition) is 6. The van der Waals surface area contributed by atoms with Gasteiger partial charge in [0.2, 0.25) is 0 Å². The number of methoxy groups -OCH3 is 2. The number of ether oxygens (including phenoxy) is 3. The number of thiophene rings is 1. The number of hydrogen-bond donors (Lipinski definition) is 0. The molecule has 0 spiro atoms. The first-order chi connectivity index (χ1) is 13.6. The predicted octanol–water partition coefficient (Wildman–Crippen LogP) is 3.69. The van der Waals surface area contributed by atoms with Crippen molar-refractivity contribution in [2.24, 2.45) is 0 Å². The summed E-state index contributed by atoms with van der Waals surface area (Å²) in [5.41, 5.74) is 0.683. The van der Waals surface area contributed by atoms with E-state index >= 15 is 0 Å². The molecule has 1 aromatic heterocycles. The molecule has 28 heavy (non-hydrogen) atoms. The lowest BCUT2D eigenvalue weighted by atomic mass is 10.1. The maximum absolute atomic E-state index is 12.5. The second-order valence-corrected chi connectivity index (χ2v) is 7.29. The third kappa shape index (κ3) is 4.72. The topological polar surface area (TPSA) is 65.1 Å². The van der Waals surface area contributed by atoms with E-state index in [9.17, 15) is 9.59 Å². The number of amides is 1. The molecule has 0 radical (unpaired) electrons. The van der Waals surface area contributed by atoms with Crippen molar-refractivity contribution in [3.8, 4) is 11.5 Å². The van der Waals surface area contributed by atoms with Crippen LogP contribution in [0, 0.1) is 0 Å². The van der Waals surface area contributed by atoms with Crippen LogP contribution in [0.1, 0.15) is 29.3 Å². The quantitative estimate of drug-likeness (QED) is 0.523. The molecule has 1 aromatic carbocycles. The van der Waals surface area contributed by atoms with E-state index in [1.165, 1.54) is 11.0 Å². The van der Waals surface area contributed by atoms with Crippen molar-refractivity contribution in [3.63, 3.8) is 0 Å². The Morgan fingerprint density at radius 3 is 2.82 bits per heavy atom. The average molecular weight is 401 g/mol. The maximum Gasteiger partial charge on any atom is 0.331 e. The number of carbonyl (C=O) groups is 2. The summed E-state index contributed by atoms with van der Waals surface area (Å²) in [5.74, 6) is 0.510. The molecule has 1 amide bonds. The highest BCUT2D eigenvalue weighted by Crippen LogP contribution is 2.34. The SMILES string of the molecule is COc1ccc(OC)c(/C=C/C(=O)OCC(=O)N2CCCC2c2cccs2)c1. The number of nitrogens with zero attached hydrogens (tertiary/aromatic N) is 1. The van der Waals surface area contributed by atoms with E-state index in [2.05, 4.69) is 0 Å². The van der Waals surface area contributed by atoms with Crippen LogP contribution >= 0.6 is 11.3 Å². The Hall–Kier alpha value is -2.80. The van der Waals surface area contributed by atoms with Crippen LogP contribution in [0.25, 0.3) is 6.08 Å². The smallest absolute Gasteiger partial charge is 0.331 e. The fraction of sp³-hybridized carbons (Fsp3) is 0.333. The molecule has 2 heterocycles. The molecule has 3 rings (SSSR count). The van der Waals surface area contributed by atoms with Gasteiger partial charge >= 0.3 is 5.97 Å². The van der Waals surface area contributed by atoms with Crippen LogP contribution in [0.3, 0.4) is 0 Å². The molecule has 1 atom stereocenters. The van der Waals surface area contributed by atoms with E-state index in [0.717, 1.165) is 12.8 Å². The second-order valence-electron chi connectivity index (χ2n) is 6.31.